The lowest BCUT2D eigenvalue weighted by Crippen LogP contribution is -2.59. The molecule has 0 radical (unpaired) electrons. The molecule has 7 atom stereocenters. The van der Waals surface area contributed by atoms with E-state index in [1.807, 2.05) is 0 Å². The molecule has 0 saturated carbocycles. The Morgan fingerprint density at radius 2 is 1.95 bits per heavy atom. The van der Waals surface area contributed by atoms with Crippen molar-refractivity contribution < 1.29 is 39.8 Å². The average molecular weight is 307 g/mol. The summed E-state index contributed by atoms with van der Waals surface area (Å²) in [6.07, 6.45) is -6.51. The predicted octanol–water partition coefficient (Wildman–Crippen LogP) is -3.54. The van der Waals surface area contributed by atoms with Gasteiger partial charge in [-0.1, -0.05) is 6.08 Å². The minimum Gasteiger partial charge on any atom is -0.394 e. The van der Waals surface area contributed by atoms with Crippen LogP contribution in [0.1, 0.15) is 0 Å². The van der Waals surface area contributed by atoms with Crippen molar-refractivity contribution in [2.24, 2.45) is 0 Å². The minimum absolute atomic E-state index is 0.241. The number of aliphatic hydroxyl groups excluding tert-OH is 5. The largest absolute Gasteiger partial charge is 0.394 e. The molecule has 1 fully saturated rings. The molecule has 1 saturated heterocycles. The Morgan fingerprint density at radius 1 is 1.29 bits per heavy atom. The van der Waals surface area contributed by atoms with Crippen molar-refractivity contribution in [1.82, 2.24) is 5.32 Å². The molecular weight excluding hydrogens is 286 g/mol. The summed E-state index contributed by atoms with van der Waals surface area (Å²) >= 11 is 0. The lowest BCUT2D eigenvalue weighted by molar-refractivity contribution is -0.302. The SMILES string of the molecule is C=CC(O)C(CO[C@@H]1OC(CO)[C@@H](O)C(O)[C@@H]1O)NC=O. The van der Waals surface area contributed by atoms with E-state index in [0.29, 0.717) is 6.41 Å². The highest BCUT2D eigenvalue weighted by Crippen LogP contribution is 2.22. The fraction of sp³-hybridized carbons (Fsp3) is 0.750. The third-order valence-electron chi connectivity index (χ3n) is 3.22. The van der Waals surface area contributed by atoms with Crippen LogP contribution in [0.25, 0.3) is 0 Å². The molecule has 0 bridgehead atoms. The number of carbonyl (C=O) groups excluding carboxylic acids is 1. The lowest BCUT2D eigenvalue weighted by Gasteiger charge is -2.40. The van der Waals surface area contributed by atoms with E-state index in [2.05, 4.69) is 11.9 Å². The van der Waals surface area contributed by atoms with Gasteiger partial charge in [-0.25, -0.2) is 0 Å². The maximum atomic E-state index is 10.4. The molecule has 0 aromatic rings. The third kappa shape index (κ3) is 4.45. The van der Waals surface area contributed by atoms with Gasteiger partial charge in [0.15, 0.2) is 6.29 Å². The second-order valence-corrected chi connectivity index (χ2v) is 4.65. The summed E-state index contributed by atoms with van der Waals surface area (Å²) in [5, 5.41) is 49.8. The molecule has 1 amide bonds. The molecule has 6 N–H and O–H groups in total. The first kappa shape index (κ1) is 18.0. The van der Waals surface area contributed by atoms with Gasteiger partial charge < -0.3 is 40.3 Å². The molecule has 0 aromatic carbocycles. The van der Waals surface area contributed by atoms with E-state index in [1.54, 1.807) is 0 Å². The van der Waals surface area contributed by atoms with Gasteiger partial charge >= 0.3 is 0 Å². The van der Waals surface area contributed by atoms with Gasteiger partial charge in [-0.15, -0.1) is 6.58 Å². The topological polar surface area (TPSA) is 149 Å². The number of ether oxygens (including phenoxy) is 2. The van der Waals surface area contributed by atoms with E-state index in [-0.39, 0.29) is 6.61 Å². The van der Waals surface area contributed by atoms with Crippen molar-refractivity contribution in [3.05, 3.63) is 12.7 Å². The van der Waals surface area contributed by atoms with Gasteiger partial charge in [0.05, 0.1) is 25.4 Å². The molecule has 0 aromatic heterocycles. The Kier molecular flexibility index (Phi) is 7.18. The summed E-state index contributed by atoms with van der Waals surface area (Å²) in [6.45, 7) is 2.56. The Morgan fingerprint density at radius 3 is 2.48 bits per heavy atom. The van der Waals surface area contributed by atoms with Crippen LogP contribution in [0, 0.1) is 0 Å². The van der Waals surface area contributed by atoms with Gasteiger partial charge in [0.1, 0.15) is 24.4 Å². The summed E-state index contributed by atoms with van der Waals surface area (Å²) in [4.78, 5) is 10.4. The van der Waals surface area contributed by atoms with Crippen molar-refractivity contribution in [3.63, 3.8) is 0 Å². The monoisotopic (exact) mass is 307 g/mol. The molecule has 21 heavy (non-hydrogen) atoms. The Balaban J connectivity index is 2.63. The van der Waals surface area contributed by atoms with Crippen molar-refractivity contribution >= 4 is 6.41 Å². The molecule has 0 spiro atoms. The van der Waals surface area contributed by atoms with E-state index in [9.17, 15) is 25.2 Å². The van der Waals surface area contributed by atoms with Gasteiger partial charge in [-0.3, -0.25) is 4.79 Å². The van der Waals surface area contributed by atoms with Gasteiger partial charge in [-0.05, 0) is 0 Å². The normalized spacial score (nSPS) is 35.8. The highest BCUT2D eigenvalue weighted by molar-refractivity contribution is 5.47. The van der Waals surface area contributed by atoms with E-state index in [1.165, 1.54) is 6.08 Å². The fourth-order valence-electron chi connectivity index (χ4n) is 1.90. The molecule has 1 aliphatic rings. The fourth-order valence-corrected chi connectivity index (χ4v) is 1.90. The van der Waals surface area contributed by atoms with Crippen LogP contribution < -0.4 is 5.32 Å². The second kappa shape index (κ2) is 8.39. The van der Waals surface area contributed by atoms with Crippen LogP contribution in [-0.2, 0) is 14.3 Å². The van der Waals surface area contributed by atoms with Crippen molar-refractivity contribution in [1.29, 1.82) is 0 Å². The predicted molar refractivity (Wildman–Crippen MR) is 68.9 cm³/mol. The van der Waals surface area contributed by atoms with Crippen LogP contribution in [0.15, 0.2) is 12.7 Å². The van der Waals surface area contributed by atoms with Crippen LogP contribution in [0.5, 0.6) is 0 Å². The summed E-state index contributed by atoms with van der Waals surface area (Å²) in [6, 6.07) is -0.827. The summed E-state index contributed by atoms with van der Waals surface area (Å²) in [5.74, 6) is 0. The number of nitrogens with one attached hydrogen (secondary N) is 1. The number of hydrogen-bond acceptors (Lipinski definition) is 8. The quantitative estimate of drug-likeness (QED) is 0.199. The van der Waals surface area contributed by atoms with E-state index >= 15 is 0 Å². The van der Waals surface area contributed by atoms with E-state index in [4.69, 9.17) is 14.6 Å². The molecule has 1 aliphatic heterocycles. The van der Waals surface area contributed by atoms with Crippen LogP contribution >= 0.6 is 0 Å². The minimum atomic E-state index is -1.55. The number of rotatable bonds is 8. The molecule has 4 unspecified atom stereocenters. The van der Waals surface area contributed by atoms with E-state index < -0.39 is 49.5 Å². The zero-order chi connectivity index (χ0) is 16.0. The van der Waals surface area contributed by atoms with Crippen LogP contribution in [0.4, 0.5) is 0 Å². The molecule has 0 aliphatic carbocycles. The lowest BCUT2D eigenvalue weighted by atomic mass is 9.99. The van der Waals surface area contributed by atoms with Gasteiger partial charge in [0.2, 0.25) is 6.41 Å². The molecule has 1 rings (SSSR count). The van der Waals surface area contributed by atoms with E-state index in [0.717, 1.165) is 0 Å². The summed E-state index contributed by atoms with van der Waals surface area (Å²) < 4.78 is 10.3. The highest BCUT2D eigenvalue weighted by Gasteiger charge is 2.44. The Labute approximate surface area is 121 Å². The number of carbonyl (C=O) groups is 1. The van der Waals surface area contributed by atoms with Crippen LogP contribution in [-0.4, -0.2) is 88.0 Å². The number of aliphatic hydroxyl groups is 5. The Bertz CT molecular complexity index is 339. The molecular formula is C12H21NO8. The molecule has 1 heterocycles. The number of hydrogen-bond donors (Lipinski definition) is 6. The first-order valence-electron chi connectivity index (χ1n) is 6.38. The summed E-state index contributed by atoms with van der Waals surface area (Å²) in [5.41, 5.74) is 0. The van der Waals surface area contributed by atoms with Gasteiger partial charge in [0.25, 0.3) is 0 Å². The highest BCUT2D eigenvalue weighted by atomic mass is 16.7. The average Bonchev–Trinajstić information content (AvgIpc) is 2.50. The van der Waals surface area contributed by atoms with Crippen LogP contribution in [0.3, 0.4) is 0 Å². The van der Waals surface area contributed by atoms with Crippen molar-refractivity contribution in [3.8, 4) is 0 Å². The molecule has 9 heteroatoms. The standard InChI is InChI=1S/C12H21NO8/c1-2-7(16)6(13-5-15)4-20-12-11(19)10(18)9(17)8(3-14)21-12/h2,5-12,14,16-19H,1,3-4H2,(H,13,15)/t6?,7?,8?,9-,10?,11+,12-/m1/s1. The molecule has 9 nitrogen and oxygen atoms in total. The zero-order valence-corrected chi connectivity index (χ0v) is 11.3. The first-order chi connectivity index (χ1) is 9.96. The first-order valence-corrected chi connectivity index (χ1v) is 6.38. The maximum Gasteiger partial charge on any atom is 0.207 e. The zero-order valence-electron chi connectivity index (χ0n) is 11.3. The smallest absolute Gasteiger partial charge is 0.207 e. The Hall–Kier alpha value is -1.07. The number of amides is 1. The van der Waals surface area contributed by atoms with Crippen molar-refractivity contribution in [2.45, 2.75) is 42.9 Å². The van der Waals surface area contributed by atoms with Gasteiger partial charge in [-0.2, -0.15) is 0 Å². The molecule has 122 valence electrons. The second-order valence-electron chi connectivity index (χ2n) is 4.65. The van der Waals surface area contributed by atoms with Crippen molar-refractivity contribution in [2.75, 3.05) is 13.2 Å². The maximum absolute atomic E-state index is 10.4. The third-order valence-corrected chi connectivity index (χ3v) is 3.22. The van der Waals surface area contributed by atoms with Crippen LogP contribution in [0.2, 0.25) is 0 Å². The van der Waals surface area contributed by atoms with Gasteiger partial charge in [0, 0.05) is 0 Å². The summed E-state index contributed by atoms with van der Waals surface area (Å²) in [7, 11) is 0.